The molecule has 0 bridgehead atoms. The van der Waals surface area contributed by atoms with E-state index < -0.39 is 0 Å². The molecule has 0 unspecified atom stereocenters. The average Bonchev–Trinajstić information content (AvgIpc) is 2.76. The Bertz CT molecular complexity index is 391. The molecule has 1 aromatic rings. The van der Waals surface area contributed by atoms with Crippen molar-refractivity contribution in [2.45, 2.75) is 31.7 Å². The Morgan fingerprint density at radius 1 is 1.59 bits per heavy atom. The molecule has 1 aromatic heterocycles. The van der Waals surface area contributed by atoms with E-state index in [-0.39, 0.29) is 11.9 Å². The highest BCUT2D eigenvalue weighted by molar-refractivity contribution is 7.80. The quantitative estimate of drug-likeness (QED) is 0.834. The summed E-state index contributed by atoms with van der Waals surface area (Å²) in [7, 11) is 1.98. The number of likely N-dealkylation sites (tertiary alicyclic amines) is 1. The molecule has 5 heteroatoms. The molecule has 1 amide bonds. The van der Waals surface area contributed by atoms with Crippen molar-refractivity contribution in [3.63, 3.8) is 0 Å². The third kappa shape index (κ3) is 2.65. The summed E-state index contributed by atoms with van der Waals surface area (Å²) in [5, 5.41) is 0. The molecule has 0 saturated carbocycles. The number of piperidine rings is 1. The lowest BCUT2D eigenvalue weighted by atomic mass is 9.99. The van der Waals surface area contributed by atoms with Crippen LogP contribution in [0.5, 0.6) is 0 Å². The van der Waals surface area contributed by atoms with E-state index in [0.717, 1.165) is 25.1 Å². The Morgan fingerprint density at radius 3 is 3.06 bits per heavy atom. The van der Waals surface area contributed by atoms with Gasteiger partial charge in [0.2, 0.25) is 5.91 Å². The third-order valence-corrected chi connectivity index (χ3v) is 3.57. The smallest absolute Gasteiger partial charge is 0.223 e. The van der Waals surface area contributed by atoms with E-state index in [0.29, 0.717) is 12.2 Å². The molecule has 4 nitrogen and oxygen atoms in total. The number of imidazole rings is 1. The number of aryl methyl sites for hydroxylation is 1. The molecule has 1 aliphatic rings. The maximum Gasteiger partial charge on any atom is 0.223 e. The van der Waals surface area contributed by atoms with Crippen molar-refractivity contribution >= 4 is 18.5 Å². The highest BCUT2D eigenvalue weighted by Gasteiger charge is 2.28. The van der Waals surface area contributed by atoms with Gasteiger partial charge in [-0.1, -0.05) is 0 Å². The topological polar surface area (TPSA) is 38.1 Å². The lowest BCUT2D eigenvalue weighted by Gasteiger charge is -2.35. The number of hydrogen-bond donors (Lipinski definition) is 1. The summed E-state index contributed by atoms with van der Waals surface area (Å²) < 4.78 is 2.01. The van der Waals surface area contributed by atoms with Crippen molar-refractivity contribution in [3.8, 4) is 0 Å². The third-order valence-electron chi connectivity index (χ3n) is 3.34. The number of nitrogens with zero attached hydrogens (tertiary/aromatic N) is 3. The van der Waals surface area contributed by atoms with Gasteiger partial charge in [0.05, 0.1) is 24.3 Å². The summed E-state index contributed by atoms with van der Waals surface area (Å²) in [5.74, 6) is 0.832. The van der Waals surface area contributed by atoms with E-state index in [1.807, 2.05) is 22.7 Å². The number of thiol groups is 1. The first-order chi connectivity index (χ1) is 8.24. The zero-order chi connectivity index (χ0) is 12.3. The van der Waals surface area contributed by atoms with E-state index >= 15 is 0 Å². The van der Waals surface area contributed by atoms with Gasteiger partial charge in [0, 0.05) is 20.0 Å². The summed E-state index contributed by atoms with van der Waals surface area (Å²) in [5.41, 5.74) is 1.14. The molecule has 0 aromatic carbocycles. The Kier molecular flexibility index (Phi) is 4.10. The number of rotatable bonds is 3. The van der Waals surface area contributed by atoms with Gasteiger partial charge in [-0.15, -0.1) is 0 Å². The molecular weight excluding hydrogens is 234 g/mol. The standard InChI is InChI=1S/C12H19N3OS/c1-14-9-13-8-11(14)10-4-2-3-6-15(10)12(16)5-7-17/h8-10,17H,2-7H2,1H3/t10-/m1/s1. The molecule has 0 radical (unpaired) electrons. The number of aromatic nitrogens is 2. The van der Waals surface area contributed by atoms with Crippen LogP contribution in [-0.4, -0.2) is 32.7 Å². The largest absolute Gasteiger partial charge is 0.336 e. The van der Waals surface area contributed by atoms with Gasteiger partial charge in [-0.2, -0.15) is 12.6 Å². The molecule has 1 aliphatic heterocycles. The summed E-state index contributed by atoms with van der Waals surface area (Å²) in [6.07, 6.45) is 7.52. The molecule has 2 rings (SSSR count). The summed E-state index contributed by atoms with van der Waals surface area (Å²) >= 11 is 4.14. The second-order valence-corrected chi connectivity index (χ2v) is 4.95. The number of hydrogen-bond acceptors (Lipinski definition) is 3. The highest BCUT2D eigenvalue weighted by Crippen LogP contribution is 2.30. The Hall–Kier alpha value is -0.970. The number of amides is 1. The maximum atomic E-state index is 12.1. The molecule has 94 valence electrons. The predicted molar refractivity (Wildman–Crippen MR) is 70.0 cm³/mol. The molecule has 2 heterocycles. The maximum absolute atomic E-state index is 12.1. The minimum atomic E-state index is 0.198. The van der Waals surface area contributed by atoms with Gasteiger partial charge in [0.15, 0.2) is 0 Å². The van der Waals surface area contributed by atoms with Crippen molar-refractivity contribution in [3.05, 3.63) is 18.2 Å². The van der Waals surface area contributed by atoms with Gasteiger partial charge >= 0.3 is 0 Å². The molecule has 0 spiro atoms. The second kappa shape index (κ2) is 5.58. The van der Waals surface area contributed by atoms with E-state index in [1.165, 1.54) is 6.42 Å². The average molecular weight is 253 g/mol. The molecular formula is C12H19N3OS. The van der Waals surface area contributed by atoms with E-state index in [2.05, 4.69) is 17.6 Å². The van der Waals surface area contributed by atoms with E-state index in [1.54, 1.807) is 6.33 Å². The zero-order valence-electron chi connectivity index (χ0n) is 10.2. The monoisotopic (exact) mass is 253 g/mol. The first-order valence-corrected chi connectivity index (χ1v) is 6.74. The van der Waals surface area contributed by atoms with Crippen molar-refractivity contribution < 1.29 is 4.79 Å². The summed E-state index contributed by atoms with van der Waals surface area (Å²) in [4.78, 5) is 18.2. The highest BCUT2D eigenvalue weighted by atomic mass is 32.1. The second-order valence-electron chi connectivity index (χ2n) is 4.50. The Balaban J connectivity index is 2.18. The fourth-order valence-electron chi connectivity index (χ4n) is 2.47. The van der Waals surface area contributed by atoms with Crippen LogP contribution in [0.15, 0.2) is 12.5 Å². The van der Waals surface area contributed by atoms with Crippen LogP contribution in [0.25, 0.3) is 0 Å². The van der Waals surface area contributed by atoms with Crippen molar-refractivity contribution in [1.82, 2.24) is 14.5 Å². The lowest BCUT2D eigenvalue weighted by Crippen LogP contribution is -2.39. The number of carbonyl (C=O) groups excluding carboxylic acids is 1. The van der Waals surface area contributed by atoms with Crippen LogP contribution in [0.1, 0.15) is 37.4 Å². The Morgan fingerprint density at radius 2 is 2.41 bits per heavy atom. The van der Waals surface area contributed by atoms with Crippen LogP contribution in [0.3, 0.4) is 0 Å². The normalized spacial score (nSPS) is 20.6. The van der Waals surface area contributed by atoms with Crippen LogP contribution in [-0.2, 0) is 11.8 Å². The van der Waals surface area contributed by atoms with Gasteiger partial charge < -0.3 is 9.47 Å². The van der Waals surface area contributed by atoms with Gasteiger partial charge in [-0.05, 0) is 25.0 Å². The zero-order valence-corrected chi connectivity index (χ0v) is 11.1. The van der Waals surface area contributed by atoms with Crippen LogP contribution in [0.4, 0.5) is 0 Å². The van der Waals surface area contributed by atoms with Crippen LogP contribution in [0, 0.1) is 0 Å². The first kappa shape index (κ1) is 12.5. The lowest BCUT2D eigenvalue weighted by molar-refractivity contribution is -0.134. The summed E-state index contributed by atoms with van der Waals surface area (Å²) in [6, 6.07) is 0.198. The van der Waals surface area contributed by atoms with Crippen molar-refractivity contribution in [1.29, 1.82) is 0 Å². The van der Waals surface area contributed by atoms with Crippen LogP contribution >= 0.6 is 12.6 Å². The van der Waals surface area contributed by atoms with E-state index in [9.17, 15) is 4.79 Å². The minimum Gasteiger partial charge on any atom is -0.336 e. The molecule has 1 atom stereocenters. The van der Waals surface area contributed by atoms with E-state index in [4.69, 9.17) is 0 Å². The molecule has 1 fully saturated rings. The van der Waals surface area contributed by atoms with Crippen LogP contribution < -0.4 is 0 Å². The molecule has 0 aliphatic carbocycles. The van der Waals surface area contributed by atoms with Gasteiger partial charge in [-0.3, -0.25) is 4.79 Å². The Labute approximate surface area is 107 Å². The molecule has 17 heavy (non-hydrogen) atoms. The predicted octanol–water partition coefficient (Wildman–Crippen LogP) is 1.79. The van der Waals surface area contributed by atoms with Gasteiger partial charge in [0.1, 0.15) is 0 Å². The number of carbonyl (C=O) groups is 1. The fourth-order valence-corrected chi connectivity index (χ4v) is 2.66. The fraction of sp³-hybridized carbons (Fsp3) is 0.667. The van der Waals surface area contributed by atoms with Crippen molar-refractivity contribution in [2.24, 2.45) is 7.05 Å². The first-order valence-electron chi connectivity index (χ1n) is 6.10. The molecule has 1 saturated heterocycles. The minimum absolute atomic E-state index is 0.198. The van der Waals surface area contributed by atoms with Gasteiger partial charge in [-0.25, -0.2) is 4.98 Å². The van der Waals surface area contributed by atoms with Crippen LogP contribution in [0.2, 0.25) is 0 Å². The SMILES string of the molecule is Cn1cncc1[C@H]1CCCCN1C(=O)CCS. The summed E-state index contributed by atoms with van der Waals surface area (Å²) in [6.45, 7) is 0.864. The molecule has 0 N–H and O–H groups in total. The van der Waals surface area contributed by atoms with Crippen molar-refractivity contribution in [2.75, 3.05) is 12.3 Å². The van der Waals surface area contributed by atoms with Gasteiger partial charge in [0.25, 0.3) is 0 Å².